The highest BCUT2D eigenvalue weighted by molar-refractivity contribution is 5.91. The molecule has 5 nitrogen and oxygen atoms in total. The molecule has 0 spiro atoms. The number of amides is 1. The van der Waals surface area contributed by atoms with E-state index < -0.39 is 5.60 Å². The van der Waals surface area contributed by atoms with Crippen LogP contribution in [-0.2, 0) is 16.7 Å². The number of hydrogen-bond donors (Lipinski definition) is 0. The number of anilines is 1. The first kappa shape index (κ1) is 17.3. The Balaban J connectivity index is 2.46. The lowest BCUT2D eigenvalue weighted by atomic mass is 9.87. The van der Waals surface area contributed by atoms with Gasteiger partial charge >= 0.3 is 6.09 Å². The van der Waals surface area contributed by atoms with Crippen LogP contribution < -0.4 is 10.5 Å². The molecule has 2 rings (SSSR count). The summed E-state index contributed by atoms with van der Waals surface area (Å²) in [5, 5.41) is 0. The van der Waals surface area contributed by atoms with Gasteiger partial charge in [-0.2, -0.15) is 0 Å². The van der Waals surface area contributed by atoms with Crippen molar-refractivity contribution in [3.8, 4) is 0 Å². The summed E-state index contributed by atoms with van der Waals surface area (Å²) in [5.74, 6) is 0. The maximum Gasteiger partial charge on any atom is 0.414 e. The second-order valence-electron chi connectivity index (χ2n) is 7.58. The molecular weight excluding hydrogens is 292 g/mol. The number of allylic oxidation sites excluding steroid dienone is 2. The Bertz CT molecular complexity index is 693. The number of pyridine rings is 1. The summed E-state index contributed by atoms with van der Waals surface area (Å²) in [5.41, 5.74) is 0.772. The van der Waals surface area contributed by atoms with Gasteiger partial charge in [-0.3, -0.25) is 9.69 Å². The minimum atomic E-state index is -0.552. The second-order valence-corrected chi connectivity index (χ2v) is 7.58. The third kappa shape index (κ3) is 3.66. The van der Waals surface area contributed by atoms with Crippen LogP contribution in [0.1, 0.15) is 47.1 Å². The van der Waals surface area contributed by atoms with Gasteiger partial charge in [0.2, 0.25) is 0 Å². The SMILES string of the molecule is CC=CCn1cc2c(cc1=O)C(C)(C)CN2C(=O)OC(C)(C)C. The Kier molecular flexibility index (Phi) is 4.42. The van der Waals surface area contributed by atoms with Gasteiger partial charge in [0.25, 0.3) is 5.56 Å². The fourth-order valence-electron chi connectivity index (χ4n) is 2.73. The molecule has 0 saturated carbocycles. The van der Waals surface area contributed by atoms with Crippen LogP contribution >= 0.6 is 0 Å². The molecule has 1 aromatic rings. The molecule has 23 heavy (non-hydrogen) atoms. The predicted octanol–water partition coefficient (Wildman–Crippen LogP) is 3.46. The Labute approximate surface area is 137 Å². The van der Waals surface area contributed by atoms with Gasteiger partial charge in [0.15, 0.2) is 0 Å². The van der Waals surface area contributed by atoms with Crippen molar-refractivity contribution in [1.82, 2.24) is 4.57 Å². The van der Waals surface area contributed by atoms with E-state index in [1.807, 2.05) is 53.7 Å². The van der Waals surface area contributed by atoms with Crippen molar-refractivity contribution in [2.75, 3.05) is 11.4 Å². The van der Waals surface area contributed by atoms with E-state index in [2.05, 4.69) is 0 Å². The number of hydrogen-bond acceptors (Lipinski definition) is 3. The molecule has 0 saturated heterocycles. The van der Waals surface area contributed by atoms with E-state index in [-0.39, 0.29) is 17.1 Å². The van der Waals surface area contributed by atoms with Crippen molar-refractivity contribution in [1.29, 1.82) is 0 Å². The molecule has 1 amide bonds. The average Bonchev–Trinajstić information content (AvgIpc) is 2.66. The molecule has 0 fully saturated rings. The van der Waals surface area contributed by atoms with Gasteiger partial charge in [-0.1, -0.05) is 26.0 Å². The van der Waals surface area contributed by atoms with Crippen molar-refractivity contribution in [3.63, 3.8) is 0 Å². The van der Waals surface area contributed by atoms with Crippen LogP contribution in [0.15, 0.2) is 29.2 Å². The molecule has 126 valence electrons. The third-order valence-electron chi connectivity index (χ3n) is 3.83. The fraction of sp³-hybridized carbons (Fsp3) is 0.556. The lowest BCUT2D eigenvalue weighted by molar-refractivity contribution is 0.0579. The summed E-state index contributed by atoms with van der Waals surface area (Å²) in [6.07, 6.45) is 5.19. The van der Waals surface area contributed by atoms with Crippen molar-refractivity contribution in [3.05, 3.63) is 40.3 Å². The lowest BCUT2D eigenvalue weighted by Crippen LogP contribution is -2.38. The van der Waals surface area contributed by atoms with E-state index in [1.54, 1.807) is 21.7 Å². The molecule has 1 aromatic heterocycles. The van der Waals surface area contributed by atoms with E-state index in [4.69, 9.17) is 4.74 Å². The highest BCUT2D eigenvalue weighted by Crippen LogP contribution is 2.40. The summed E-state index contributed by atoms with van der Waals surface area (Å²) in [7, 11) is 0. The molecule has 1 aliphatic heterocycles. The first-order chi connectivity index (χ1) is 10.5. The molecule has 0 unspecified atom stereocenters. The second kappa shape index (κ2) is 5.87. The van der Waals surface area contributed by atoms with Gasteiger partial charge < -0.3 is 9.30 Å². The summed E-state index contributed by atoms with van der Waals surface area (Å²) < 4.78 is 7.12. The van der Waals surface area contributed by atoms with Gasteiger partial charge in [-0.25, -0.2) is 4.79 Å². The van der Waals surface area contributed by atoms with Gasteiger partial charge in [-0.15, -0.1) is 0 Å². The number of nitrogens with zero attached hydrogens (tertiary/aromatic N) is 2. The quantitative estimate of drug-likeness (QED) is 0.785. The summed E-state index contributed by atoms with van der Waals surface area (Å²) in [4.78, 5) is 26.4. The van der Waals surface area contributed by atoms with Gasteiger partial charge in [-0.05, 0) is 33.3 Å². The van der Waals surface area contributed by atoms with Gasteiger partial charge in [0.1, 0.15) is 5.60 Å². The average molecular weight is 318 g/mol. The highest BCUT2D eigenvalue weighted by atomic mass is 16.6. The van der Waals surface area contributed by atoms with E-state index >= 15 is 0 Å². The number of carbonyl (C=O) groups is 1. The maximum atomic E-state index is 12.5. The smallest absolute Gasteiger partial charge is 0.414 e. The largest absolute Gasteiger partial charge is 0.443 e. The van der Waals surface area contributed by atoms with Crippen LogP contribution in [0, 0.1) is 0 Å². The monoisotopic (exact) mass is 318 g/mol. The molecule has 0 aliphatic carbocycles. The Morgan fingerprint density at radius 3 is 2.61 bits per heavy atom. The predicted molar refractivity (Wildman–Crippen MR) is 92.1 cm³/mol. The van der Waals surface area contributed by atoms with Crippen LogP contribution in [0.3, 0.4) is 0 Å². The number of ether oxygens (including phenoxy) is 1. The highest BCUT2D eigenvalue weighted by Gasteiger charge is 2.40. The zero-order chi connectivity index (χ0) is 17.4. The van der Waals surface area contributed by atoms with E-state index in [0.717, 1.165) is 11.3 Å². The topological polar surface area (TPSA) is 51.5 Å². The number of fused-ring (bicyclic) bond motifs is 1. The maximum absolute atomic E-state index is 12.5. The molecule has 1 aliphatic rings. The third-order valence-corrected chi connectivity index (χ3v) is 3.83. The molecule has 0 radical (unpaired) electrons. The van der Waals surface area contributed by atoms with Crippen LogP contribution in [0.4, 0.5) is 10.5 Å². The standard InChI is InChI=1S/C18H26N2O3/c1-7-8-9-19-11-14-13(10-15(19)21)18(5,6)12-20(14)16(22)23-17(2,3)4/h7-8,10-11H,9,12H2,1-6H3. The van der Waals surface area contributed by atoms with Gasteiger partial charge in [0, 0.05) is 30.8 Å². The van der Waals surface area contributed by atoms with E-state index in [1.165, 1.54) is 0 Å². The molecule has 0 bridgehead atoms. The summed E-state index contributed by atoms with van der Waals surface area (Å²) in [6, 6.07) is 1.64. The summed E-state index contributed by atoms with van der Waals surface area (Å²) in [6.45, 7) is 12.5. The van der Waals surface area contributed by atoms with Gasteiger partial charge in [0.05, 0.1) is 5.69 Å². The molecule has 0 aromatic carbocycles. The zero-order valence-corrected chi connectivity index (χ0v) is 14.8. The number of rotatable bonds is 2. The van der Waals surface area contributed by atoms with Crippen molar-refractivity contribution in [2.45, 2.75) is 59.1 Å². The summed E-state index contributed by atoms with van der Waals surface area (Å²) >= 11 is 0. The molecule has 2 heterocycles. The van der Waals surface area contributed by atoms with Crippen LogP contribution in [0.25, 0.3) is 0 Å². The van der Waals surface area contributed by atoms with Crippen LogP contribution in [0.2, 0.25) is 0 Å². The first-order valence-electron chi connectivity index (χ1n) is 7.92. The number of carbonyl (C=O) groups excluding carboxylic acids is 1. The Morgan fingerprint density at radius 2 is 2.04 bits per heavy atom. The van der Waals surface area contributed by atoms with Crippen molar-refractivity contribution in [2.24, 2.45) is 0 Å². The number of aromatic nitrogens is 1. The van der Waals surface area contributed by atoms with Crippen molar-refractivity contribution < 1.29 is 9.53 Å². The molecule has 0 atom stereocenters. The van der Waals surface area contributed by atoms with Crippen LogP contribution in [-0.4, -0.2) is 22.8 Å². The first-order valence-corrected chi connectivity index (χ1v) is 7.92. The minimum absolute atomic E-state index is 0.0547. The lowest BCUT2D eigenvalue weighted by Gasteiger charge is -2.26. The normalized spacial score (nSPS) is 16.7. The Morgan fingerprint density at radius 1 is 1.39 bits per heavy atom. The van der Waals surface area contributed by atoms with E-state index in [0.29, 0.717) is 13.1 Å². The zero-order valence-electron chi connectivity index (χ0n) is 14.8. The molecule has 5 heteroatoms. The van der Waals surface area contributed by atoms with Crippen LogP contribution in [0.5, 0.6) is 0 Å². The molecule has 0 N–H and O–H groups in total. The fourth-order valence-corrected chi connectivity index (χ4v) is 2.73. The van der Waals surface area contributed by atoms with Crippen molar-refractivity contribution >= 4 is 11.8 Å². The Hall–Kier alpha value is -2.04. The minimum Gasteiger partial charge on any atom is -0.443 e. The molecular formula is C18H26N2O3. The van der Waals surface area contributed by atoms with E-state index in [9.17, 15) is 9.59 Å².